The highest BCUT2D eigenvalue weighted by Gasteiger charge is 2.15. The van der Waals surface area contributed by atoms with Crippen molar-refractivity contribution in [3.63, 3.8) is 0 Å². The van der Waals surface area contributed by atoms with Gasteiger partial charge in [-0.05, 0) is 25.7 Å². The molecule has 0 saturated heterocycles. The Labute approximate surface area is 243 Å². The Morgan fingerprint density at radius 2 is 0.795 bits per heavy atom. The molecule has 4 heteroatoms. The van der Waals surface area contributed by atoms with Crippen LogP contribution in [-0.2, 0) is 14.3 Å². The van der Waals surface area contributed by atoms with E-state index in [1.165, 1.54) is 141 Å². The molecule has 0 aliphatic rings. The van der Waals surface area contributed by atoms with Gasteiger partial charge in [0.05, 0.1) is 0 Å². The summed E-state index contributed by atoms with van der Waals surface area (Å²) in [5, 5.41) is 9.05. The molecule has 1 unspecified atom stereocenters. The van der Waals surface area contributed by atoms with Gasteiger partial charge < -0.3 is 9.84 Å². The summed E-state index contributed by atoms with van der Waals surface area (Å²) in [4.78, 5) is 23.4. The van der Waals surface area contributed by atoms with E-state index in [1.807, 2.05) is 0 Å². The Morgan fingerprint density at radius 1 is 0.462 bits per heavy atom. The van der Waals surface area contributed by atoms with Crippen molar-refractivity contribution in [3.8, 4) is 0 Å². The first-order valence-electron chi connectivity index (χ1n) is 17.5. The molecule has 0 saturated carbocycles. The van der Waals surface area contributed by atoms with E-state index >= 15 is 0 Å². The SMILES string of the molecule is CCCCCCCCCCCCCCCCCCCC(=O)OC(CCCCCCCCCCC)CCC(=O)O. The van der Waals surface area contributed by atoms with Gasteiger partial charge in [0.15, 0.2) is 0 Å². The molecule has 0 aliphatic carbocycles. The molecule has 0 radical (unpaired) electrons. The highest BCUT2D eigenvalue weighted by molar-refractivity contribution is 5.69. The first-order valence-corrected chi connectivity index (χ1v) is 17.5. The lowest BCUT2D eigenvalue weighted by molar-refractivity contribution is -0.151. The highest BCUT2D eigenvalue weighted by Crippen LogP contribution is 2.18. The molecule has 0 spiro atoms. The van der Waals surface area contributed by atoms with Crippen LogP contribution in [0.1, 0.15) is 206 Å². The average molecular weight is 553 g/mol. The summed E-state index contributed by atoms with van der Waals surface area (Å²) in [7, 11) is 0. The van der Waals surface area contributed by atoms with Crippen LogP contribution in [0.25, 0.3) is 0 Å². The van der Waals surface area contributed by atoms with E-state index in [9.17, 15) is 9.59 Å². The van der Waals surface area contributed by atoms with E-state index in [4.69, 9.17) is 9.84 Å². The molecule has 0 heterocycles. The van der Waals surface area contributed by atoms with Crippen molar-refractivity contribution in [2.75, 3.05) is 0 Å². The molecular formula is C35H68O4. The van der Waals surface area contributed by atoms with Crippen molar-refractivity contribution in [1.29, 1.82) is 0 Å². The number of aliphatic carboxylic acids is 1. The van der Waals surface area contributed by atoms with Crippen LogP contribution in [0.15, 0.2) is 0 Å². The zero-order chi connectivity index (χ0) is 28.7. The average Bonchev–Trinajstić information content (AvgIpc) is 2.92. The number of carbonyl (C=O) groups is 2. The van der Waals surface area contributed by atoms with Gasteiger partial charge >= 0.3 is 11.9 Å². The molecule has 0 aromatic rings. The Hall–Kier alpha value is -1.06. The van der Waals surface area contributed by atoms with Gasteiger partial charge in [-0.1, -0.05) is 168 Å². The molecule has 0 aromatic heterocycles. The van der Waals surface area contributed by atoms with Crippen molar-refractivity contribution >= 4 is 11.9 Å². The molecule has 1 atom stereocenters. The Balaban J connectivity index is 3.65. The van der Waals surface area contributed by atoms with Crippen molar-refractivity contribution in [1.82, 2.24) is 0 Å². The van der Waals surface area contributed by atoms with E-state index in [2.05, 4.69) is 13.8 Å². The second kappa shape index (κ2) is 31.5. The summed E-state index contributed by atoms with van der Waals surface area (Å²) >= 11 is 0. The third kappa shape index (κ3) is 31.3. The van der Waals surface area contributed by atoms with Gasteiger partial charge in [0, 0.05) is 12.8 Å². The van der Waals surface area contributed by atoms with Crippen molar-refractivity contribution in [2.24, 2.45) is 0 Å². The van der Waals surface area contributed by atoms with Gasteiger partial charge in [-0.3, -0.25) is 9.59 Å². The third-order valence-corrected chi connectivity index (χ3v) is 8.09. The van der Waals surface area contributed by atoms with Crippen LogP contribution in [0.3, 0.4) is 0 Å². The summed E-state index contributed by atoms with van der Waals surface area (Å²) in [6, 6.07) is 0. The summed E-state index contributed by atoms with van der Waals surface area (Å²) < 4.78 is 5.70. The van der Waals surface area contributed by atoms with Gasteiger partial charge in [-0.2, -0.15) is 0 Å². The maximum absolute atomic E-state index is 12.3. The standard InChI is InChI=1S/C35H68O4/c1-3-5-7-9-11-13-14-15-16-17-18-19-20-22-24-26-28-30-35(38)39-33(31-32-34(36)37)29-27-25-23-21-12-10-8-6-4-2/h33H,3-32H2,1-2H3,(H,36,37). The Morgan fingerprint density at radius 3 is 1.15 bits per heavy atom. The molecule has 0 aliphatic heterocycles. The maximum Gasteiger partial charge on any atom is 0.306 e. The van der Waals surface area contributed by atoms with E-state index in [1.54, 1.807) is 0 Å². The van der Waals surface area contributed by atoms with Crippen molar-refractivity contribution in [3.05, 3.63) is 0 Å². The van der Waals surface area contributed by atoms with Gasteiger partial charge in [-0.15, -0.1) is 0 Å². The van der Waals surface area contributed by atoms with Crippen LogP contribution in [0.5, 0.6) is 0 Å². The molecule has 0 bridgehead atoms. The number of carboxylic acids is 1. The maximum atomic E-state index is 12.3. The molecule has 0 aromatic carbocycles. The molecule has 0 fully saturated rings. The fourth-order valence-corrected chi connectivity index (χ4v) is 5.47. The van der Waals surface area contributed by atoms with Gasteiger partial charge in [0.25, 0.3) is 0 Å². The fourth-order valence-electron chi connectivity index (χ4n) is 5.47. The second-order valence-electron chi connectivity index (χ2n) is 12.1. The van der Waals surface area contributed by atoms with Crippen LogP contribution in [0.2, 0.25) is 0 Å². The summed E-state index contributed by atoms with van der Waals surface area (Å²) in [6.45, 7) is 4.53. The number of hydrogen-bond acceptors (Lipinski definition) is 3. The Kier molecular flexibility index (Phi) is 30.6. The van der Waals surface area contributed by atoms with Gasteiger partial charge in [-0.25, -0.2) is 0 Å². The van der Waals surface area contributed by atoms with Crippen molar-refractivity contribution in [2.45, 2.75) is 213 Å². The molecule has 232 valence electrons. The summed E-state index contributed by atoms with van der Waals surface area (Å²) in [6.07, 6.45) is 35.5. The molecule has 39 heavy (non-hydrogen) atoms. The van der Waals surface area contributed by atoms with Crippen LogP contribution in [-0.4, -0.2) is 23.1 Å². The van der Waals surface area contributed by atoms with E-state index < -0.39 is 5.97 Å². The largest absolute Gasteiger partial charge is 0.481 e. The topological polar surface area (TPSA) is 63.6 Å². The number of carbonyl (C=O) groups excluding carboxylic acids is 1. The lowest BCUT2D eigenvalue weighted by Crippen LogP contribution is -2.19. The normalized spacial score (nSPS) is 12.1. The lowest BCUT2D eigenvalue weighted by Gasteiger charge is -2.17. The molecule has 4 nitrogen and oxygen atoms in total. The van der Waals surface area contributed by atoms with Crippen LogP contribution < -0.4 is 0 Å². The van der Waals surface area contributed by atoms with E-state index in [0.717, 1.165) is 32.1 Å². The minimum atomic E-state index is -0.809. The molecule has 1 N–H and O–H groups in total. The fraction of sp³-hybridized carbons (Fsp3) is 0.943. The number of unbranched alkanes of at least 4 members (excludes halogenated alkanes) is 24. The smallest absolute Gasteiger partial charge is 0.306 e. The zero-order valence-electron chi connectivity index (χ0n) is 26.5. The predicted octanol–water partition coefficient (Wildman–Crippen LogP) is 11.7. The van der Waals surface area contributed by atoms with Gasteiger partial charge in [0.2, 0.25) is 0 Å². The first kappa shape index (κ1) is 37.9. The number of esters is 1. The number of hydrogen-bond donors (Lipinski definition) is 1. The quantitative estimate of drug-likeness (QED) is 0.0665. The predicted molar refractivity (Wildman–Crippen MR) is 167 cm³/mol. The van der Waals surface area contributed by atoms with Crippen molar-refractivity contribution < 1.29 is 19.4 Å². The minimum absolute atomic E-state index is 0.0779. The Bertz CT molecular complexity index is 519. The number of rotatable bonds is 32. The molecule has 0 amide bonds. The molecule has 0 rings (SSSR count). The zero-order valence-corrected chi connectivity index (χ0v) is 26.5. The van der Waals surface area contributed by atoms with E-state index in [-0.39, 0.29) is 18.5 Å². The second-order valence-corrected chi connectivity index (χ2v) is 12.1. The highest BCUT2D eigenvalue weighted by atomic mass is 16.5. The number of ether oxygens (including phenoxy) is 1. The first-order chi connectivity index (χ1) is 19.1. The minimum Gasteiger partial charge on any atom is -0.481 e. The summed E-state index contributed by atoms with van der Waals surface area (Å²) in [5.41, 5.74) is 0. The molecular weight excluding hydrogens is 484 g/mol. The van der Waals surface area contributed by atoms with Crippen LogP contribution in [0.4, 0.5) is 0 Å². The van der Waals surface area contributed by atoms with E-state index in [0.29, 0.717) is 12.8 Å². The monoisotopic (exact) mass is 553 g/mol. The summed E-state index contributed by atoms with van der Waals surface area (Å²) in [5.74, 6) is -0.946. The van der Waals surface area contributed by atoms with Crippen LogP contribution in [0, 0.1) is 0 Å². The lowest BCUT2D eigenvalue weighted by atomic mass is 10.0. The van der Waals surface area contributed by atoms with Crippen LogP contribution >= 0.6 is 0 Å². The van der Waals surface area contributed by atoms with Gasteiger partial charge in [0.1, 0.15) is 6.10 Å². The number of carboxylic acid groups (broad SMARTS) is 1. The third-order valence-electron chi connectivity index (χ3n) is 8.09.